The van der Waals surface area contributed by atoms with Crippen LogP contribution in [0.4, 0.5) is 11.6 Å². The molecule has 0 spiro atoms. The summed E-state index contributed by atoms with van der Waals surface area (Å²) in [4.78, 5) is 9.03. The largest absolute Gasteiger partial charge is 0.393 e. The standard InChI is InChI=1S/C14H26N4O/c1-5-8-15-13-11(4)14(16-9-7-10(3)19)18-12(6-2)17-13/h10,19H,5-9H2,1-4H3,(H2,15,16,17,18). The predicted molar refractivity (Wildman–Crippen MR) is 79.7 cm³/mol. The van der Waals surface area contributed by atoms with Gasteiger partial charge in [-0.2, -0.15) is 0 Å². The zero-order valence-corrected chi connectivity index (χ0v) is 12.5. The molecule has 3 N–H and O–H groups in total. The van der Waals surface area contributed by atoms with E-state index in [1.54, 1.807) is 6.92 Å². The maximum Gasteiger partial charge on any atom is 0.134 e. The average Bonchev–Trinajstić information content (AvgIpc) is 2.38. The molecule has 1 heterocycles. The highest BCUT2D eigenvalue weighted by atomic mass is 16.3. The van der Waals surface area contributed by atoms with Gasteiger partial charge in [0.15, 0.2) is 0 Å². The molecular formula is C14H26N4O. The van der Waals surface area contributed by atoms with Crippen LogP contribution in [0.1, 0.15) is 45.0 Å². The Morgan fingerprint density at radius 3 is 2.16 bits per heavy atom. The van der Waals surface area contributed by atoms with Crippen molar-refractivity contribution in [2.24, 2.45) is 0 Å². The van der Waals surface area contributed by atoms with Crippen LogP contribution in [-0.4, -0.2) is 34.3 Å². The normalized spacial score (nSPS) is 12.3. The number of hydrogen-bond acceptors (Lipinski definition) is 5. The van der Waals surface area contributed by atoms with Crippen molar-refractivity contribution >= 4 is 11.6 Å². The summed E-state index contributed by atoms with van der Waals surface area (Å²) in [6.07, 6.45) is 2.29. The molecule has 1 aromatic rings. The first-order valence-corrected chi connectivity index (χ1v) is 7.11. The van der Waals surface area contributed by atoms with E-state index in [1.807, 2.05) is 13.8 Å². The molecule has 0 aliphatic carbocycles. The molecule has 0 bridgehead atoms. The van der Waals surface area contributed by atoms with E-state index in [-0.39, 0.29) is 6.10 Å². The molecule has 1 rings (SSSR count). The van der Waals surface area contributed by atoms with Gasteiger partial charge in [-0.05, 0) is 26.7 Å². The van der Waals surface area contributed by atoms with E-state index < -0.39 is 0 Å². The topological polar surface area (TPSA) is 70.1 Å². The van der Waals surface area contributed by atoms with Gasteiger partial charge in [0.25, 0.3) is 0 Å². The number of aromatic nitrogens is 2. The zero-order chi connectivity index (χ0) is 14.3. The fourth-order valence-electron chi connectivity index (χ4n) is 1.71. The summed E-state index contributed by atoms with van der Waals surface area (Å²) < 4.78 is 0. The van der Waals surface area contributed by atoms with E-state index in [9.17, 15) is 5.11 Å². The number of nitrogens with zero attached hydrogens (tertiary/aromatic N) is 2. The molecule has 5 heteroatoms. The van der Waals surface area contributed by atoms with Crippen LogP contribution in [0.25, 0.3) is 0 Å². The zero-order valence-electron chi connectivity index (χ0n) is 12.5. The number of aliphatic hydroxyl groups excluding tert-OH is 1. The smallest absolute Gasteiger partial charge is 0.134 e. The van der Waals surface area contributed by atoms with Crippen LogP contribution in [0.2, 0.25) is 0 Å². The van der Waals surface area contributed by atoms with Crippen molar-refractivity contribution in [1.29, 1.82) is 0 Å². The van der Waals surface area contributed by atoms with E-state index >= 15 is 0 Å². The molecule has 0 aliphatic heterocycles. The number of aryl methyl sites for hydroxylation is 1. The van der Waals surface area contributed by atoms with Crippen LogP contribution in [0, 0.1) is 6.92 Å². The molecule has 1 unspecified atom stereocenters. The first-order valence-electron chi connectivity index (χ1n) is 7.11. The van der Waals surface area contributed by atoms with Gasteiger partial charge in [0.05, 0.1) is 6.10 Å². The number of rotatable bonds is 8. The van der Waals surface area contributed by atoms with Crippen molar-refractivity contribution in [2.45, 2.75) is 53.1 Å². The highest BCUT2D eigenvalue weighted by molar-refractivity contribution is 5.57. The SMILES string of the molecule is CCCNc1nc(CC)nc(NCCC(C)O)c1C. The van der Waals surface area contributed by atoms with Crippen LogP contribution in [-0.2, 0) is 6.42 Å². The third-order valence-electron chi connectivity index (χ3n) is 2.91. The van der Waals surface area contributed by atoms with E-state index in [0.717, 1.165) is 42.4 Å². The van der Waals surface area contributed by atoms with E-state index in [1.165, 1.54) is 0 Å². The summed E-state index contributed by atoms with van der Waals surface area (Å²) in [6, 6.07) is 0. The summed E-state index contributed by atoms with van der Waals surface area (Å²) in [6.45, 7) is 9.61. The molecule has 0 amide bonds. The number of aliphatic hydroxyl groups is 1. The molecule has 1 aromatic heterocycles. The summed E-state index contributed by atoms with van der Waals surface area (Å²) in [5.74, 6) is 2.61. The quantitative estimate of drug-likeness (QED) is 0.674. The van der Waals surface area contributed by atoms with Gasteiger partial charge >= 0.3 is 0 Å². The molecule has 0 aromatic carbocycles. The number of anilines is 2. The lowest BCUT2D eigenvalue weighted by atomic mass is 10.2. The number of hydrogen-bond donors (Lipinski definition) is 3. The van der Waals surface area contributed by atoms with Crippen LogP contribution in [0.3, 0.4) is 0 Å². The lowest BCUT2D eigenvalue weighted by molar-refractivity contribution is 0.188. The van der Waals surface area contributed by atoms with Crippen molar-refractivity contribution in [3.05, 3.63) is 11.4 Å². The van der Waals surface area contributed by atoms with Gasteiger partial charge in [-0.1, -0.05) is 13.8 Å². The van der Waals surface area contributed by atoms with Gasteiger partial charge in [0, 0.05) is 25.1 Å². The Hall–Kier alpha value is -1.36. The van der Waals surface area contributed by atoms with Crippen molar-refractivity contribution in [3.8, 4) is 0 Å². The van der Waals surface area contributed by atoms with Gasteiger partial charge in [0.1, 0.15) is 17.5 Å². The molecule has 1 atom stereocenters. The highest BCUT2D eigenvalue weighted by Crippen LogP contribution is 2.20. The van der Waals surface area contributed by atoms with Crippen molar-refractivity contribution in [2.75, 3.05) is 23.7 Å². The van der Waals surface area contributed by atoms with Gasteiger partial charge < -0.3 is 15.7 Å². The summed E-state index contributed by atoms with van der Waals surface area (Å²) in [5.41, 5.74) is 1.04. The van der Waals surface area contributed by atoms with Gasteiger partial charge in [0.2, 0.25) is 0 Å². The second-order valence-corrected chi connectivity index (χ2v) is 4.81. The Bertz CT molecular complexity index is 393. The molecule has 0 fully saturated rings. The van der Waals surface area contributed by atoms with Crippen molar-refractivity contribution in [1.82, 2.24) is 9.97 Å². The first kappa shape index (κ1) is 15.7. The highest BCUT2D eigenvalue weighted by Gasteiger charge is 2.09. The summed E-state index contributed by atoms with van der Waals surface area (Å²) >= 11 is 0. The van der Waals surface area contributed by atoms with Crippen LogP contribution >= 0.6 is 0 Å². The van der Waals surface area contributed by atoms with Crippen molar-refractivity contribution in [3.63, 3.8) is 0 Å². The lowest BCUT2D eigenvalue weighted by Gasteiger charge is -2.15. The van der Waals surface area contributed by atoms with E-state index in [2.05, 4.69) is 27.5 Å². The maximum atomic E-state index is 9.29. The molecule has 0 saturated heterocycles. The Morgan fingerprint density at radius 2 is 1.68 bits per heavy atom. The predicted octanol–water partition coefficient (Wildman–Crippen LogP) is 2.35. The molecule has 0 aliphatic rings. The second kappa shape index (κ2) is 7.94. The second-order valence-electron chi connectivity index (χ2n) is 4.81. The Morgan fingerprint density at radius 1 is 1.11 bits per heavy atom. The molecule has 19 heavy (non-hydrogen) atoms. The monoisotopic (exact) mass is 266 g/mol. The van der Waals surface area contributed by atoms with Gasteiger partial charge in [-0.3, -0.25) is 0 Å². The Balaban J connectivity index is 2.82. The first-order chi connectivity index (χ1) is 9.08. The molecular weight excluding hydrogens is 240 g/mol. The van der Waals surface area contributed by atoms with Gasteiger partial charge in [-0.15, -0.1) is 0 Å². The Labute approximate surface area is 115 Å². The fraction of sp³-hybridized carbons (Fsp3) is 0.714. The third kappa shape index (κ3) is 5.03. The summed E-state index contributed by atoms with van der Waals surface area (Å²) in [7, 11) is 0. The Kier molecular flexibility index (Phi) is 6.56. The fourth-order valence-corrected chi connectivity index (χ4v) is 1.71. The molecule has 0 saturated carbocycles. The van der Waals surface area contributed by atoms with Crippen LogP contribution < -0.4 is 10.6 Å². The molecule has 108 valence electrons. The van der Waals surface area contributed by atoms with Gasteiger partial charge in [-0.25, -0.2) is 9.97 Å². The third-order valence-corrected chi connectivity index (χ3v) is 2.91. The minimum atomic E-state index is -0.294. The maximum absolute atomic E-state index is 9.29. The minimum absolute atomic E-state index is 0.294. The average molecular weight is 266 g/mol. The lowest BCUT2D eigenvalue weighted by Crippen LogP contribution is -2.14. The molecule has 5 nitrogen and oxygen atoms in total. The van der Waals surface area contributed by atoms with Crippen molar-refractivity contribution < 1.29 is 5.11 Å². The van der Waals surface area contributed by atoms with Crippen LogP contribution in [0.15, 0.2) is 0 Å². The minimum Gasteiger partial charge on any atom is -0.393 e. The van der Waals surface area contributed by atoms with Crippen LogP contribution in [0.5, 0.6) is 0 Å². The summed E-state index contributed by atoms with van der Waals surface area (Å²) in [5, 5.41) is 15.9. The van der Waals surface area contributed by atoms with E-state index in [4.69, 9.17) is 0 Å². The number of nitrogens with one attached hydrogen (secondary N) is 2. The molecule has 0 radical (unpaired) electrons. The van der Waals surface area contributed by atoms with E-state index in [0.29, 0.717) is 13.0 Å².